The van der Waals surface area contributed by atoms with Gasteiger partial charge < -0.3 is 10.4 Å². The van der Waals surface area contributed by atoms with Gasteiger partial charge in [-0.15, -0.1) is 0 Å². The van der Waals surface area contributed by atoms with Crippen molar-refractivity contribution < 1.29 is 9.50 Å². The van der Waals surface area contributed by atoms with Crippen LogP contribution in [-0.2, 0) is 0 Å². The zero-order chi connectivity index (χ0) is 10.9. The molecule has 2 rings (SSSR count). The van der Waals surface area contributed by atoms with Crippen molar-refractivity contribution in [3.05, 3.63) is 35.6 Å². The number of hydrogen-bond acceptors (Lipinski definition) is 2. The molecule has 2 N–H and O–H groups in total. The highest BCUT2D eigenvalue weighted by Crippen LogP contribution is 2.29. The van der Waals surface area contributed by atoms with Gasteiger partial charge in [0.05, 0.1) is 5.60 Å². The average molecular weight is 209 g/mol. The zero-order valence-electron chi connectivity index (χ0n) is 8.83. The number of piperidine rings is 1. The van der Waals surface area contributed by atoms with Crippen LogP contribution in [0.3, 0.4) is 0 Å². The van der Waals surface area contributed by atoms with Gasteiger partial charge in [-0.2, -0.15) is 0 Å². The van der Waals surface area contributed by atoms with Gasteiger partial charge in [0.25, 0.3) is 0 Å². The molecule has 1 aromatic rings. The summed E-state index contributed by atoms with van der Waals surface area (Å²) in [4.78, 5) is 0. The molecule has 0 unspecified atom stereocenters. The third-order valence-electron chi connectivity index (χ3n) is 2.97. The van der Waals surface area contributed by atoms with Gasteiger partial charge in [0.2, 0.25) is 0 Å². The number of hydrogen-bond donors (Lipinski definition) is 2. The Balaban J connectivity index is 2.13. The molecule has 0 aliphatic carbocycles. The molecule has 0 saturated carbocycles. The molecular formula is C12H16FNO. The fourth-order valence-electron chi connectivity index (χ4n) is 2.06. The minimum atomic E-state index is -0.607. The average Bonchev–Trinajstić information content (AvgIpc) is 2.17. The molecule has 1 fully saturated rings. The fourth-order valence-corrected chi connectivity index (χ4v) is 2.06. The Labute approximate surface area is 89.1 Å². The molecule has 2 nitrogen and oxygen atoms in total. The van der Waals surface area contributed by atoms with Gasteiger partial charge in [0, 0.05) is 6.04 Å². The van der Waals surface area contributed by atoms with Crippen molar-refractivity contribution in [1.82, 2.24) is 5.32 Å². The van der Waals surface area contributed by atoms with Crippen LogP contribution >= 0.6 is 0 Å². The molecule has 1 aliphatic rings. The van der Waals surface area contributed by atoms with Gasteiger partial charge in [-0.25, -0.2) is 4.39 Å². The van der Waals surface area contributed by atoms with E-state index in [1.54, 1.807) is 12.1 Å². The Morgan fingerprint density at radius 3 is 2.67 bits per heavy atom. The normalized spacial score (nSPS) is 31.5. The van der Waals surface area contributed by atoms with Crippen molar-refractivity contribution in [2.45, 2.75) is 31.4 Å². The van der Waals surface area contributed by atoms with E-state index in [1.807, 2.05) is 6.92 Å². The van der Waals surface area contributed by atoms with E-state index in [-0.39, 0.29) is 11.9 Å². The van der Waals surface area contributed by atoms with E-state index in [0.717, 1.165) is 18.5 Å². The fraction of sp³-hybridized carbons (Fsp3) is 0.500. The van der Waals surface area contributed by atoms with E-state index >= 15 is 0 Å². The molecule has 0 radical (unpaired) electrons. The molecule has 1 aromatic carbocycles. The predicted molar refractivity (Wildman–Crippen MR) is 57.0 cm³/mol. The van der Waals surface area contributed by atoms with E-state index in [2.05, 4.69) is 5.32 Å². The lowest BCUT2D eigenvalue weighted by Crippen LogP contribution is -2.41. The lowest BCUT2D eigenvalue weighted by Gasteiger charge is -2.35. The van der Waals surface area contributed by atoms with Crippen molar-refractivity contribution in [3.63, 3.8) is 0 Å². The number of halogens is 1. The van der Waals surface area contributed by atoms with E-state index in [4.69, 9.17) is 0 Å². The summed E-state index contributed by atoms with van der Waals surface area (Å²) in [6, 6.07) is 6.60. The molecule has 1 aliphatic heterocycles. The minimum absolute atomic E-state index is 0.134. The van der Waals surface area contributed by atoms with Crippen LogP contribution in [0, 0.1) is 5.82 Å². The molecule has 15 heavy (non-hydrogen) atoms. The van der Waals surface area contributed by atoms with Crippen LogP contribution < -0.4 is 5.32 Å². The smallest absolute Gasteiger partial charge is 0.123 e. The van der Waals surface area contributed by atoms with Crippen molar-refractivity contribution in [2.75, 3.05) is 6.54 Å². The summed E-state index contributed by atoms with van der Waals surface area (Å²) < 4.78 is 12.7. The van der Waals surface area contributed by atoms with Crippen molar-refractivity contribution in [1.29, 1.82) is 0 Å². The Kier molecular flexibility index (Phi) is 2.76. The van der Waals surface area contributed by atoms with Crippen molar-refractivity contribution in [2.24, 2.45) is 0 Å². The molecule has 1 saturated heterocycles. The molecule has 2 atom stereocenters. The summed E-state index contributed by atoms with van der Waals surface area (Å²) >= 11 is 0. The Morgan fingerprint density at radius 1 is 1.40 bits per heavy atom. The SMILES string of the molecule is C[C@]1(O)CCN[C@H](c2ccc(F)cc2)C1. The van der Waals surface area contributed by atoms with Crippen LogP contribution in [0.25, 0.3) is 0 Å². The van der Waals surface area contributed by atoms with Crippen molar-refractivity contribution >= 4 is 0 Å². The van der Waals surface area contributed by atoms with Crippen LogP contribution in [0.15, 0.2) is 24.3 Å². The first-order valence-electron chi connectivity index (χ1n) is 5.28. The van der Waals surface area contributed by atoms with Gasteiger partial charge in [-0.3, -0.25) is 0 Å². The zero-order valence-corrected chi connectivity index (χ0v) is 8.83. The standard InChI is InChI=1S/C12H16FNO/c1-12(15)6-7-14-11(8-12)9-2-4-10(13)5-3-9/h2-5,11,14-15H,6-8H2,1H3/t11-,12-/m0/s1. The first-order valence-corrected chi connectivity index (χ1v) is 5.28. The minimum Gasteiger partial charge on any atom is -0.390 e. The van der Waals surface area contributed by atoms with Crippen LogP contribution in [0.1, 0.15) is 31.4 Å². The van der Waals surface area contributed by atoms with Crippen LogP contribution in [0.5, 0.6) is 0 Å². The molecule has 0 aromatic heterocycles. The molecule has 1 heterocycles. The summed E-state index contributed by atoms with van der Waals surface area (Å²) in [5.41, 5.74) is 0.431. The topological polar surface area (TPSA) is 32.3 Å². The Morgan fingerprint density at radius 2 is 2.07 bits per heavy atom. The van der Waals surface area contributed by atoms with E-state index in [9.17, 15) is 9.50 Å². The maximum absolute atomic E-state index is 12.7. The number of nitrogens with one attached hydrogen (secondary N) is 1. The highest BCUT2D eigenvalue weighted by Gasteiger charge is 2.30. The first kappa shape index (κ1) is 10.6. The van der Waals surface area contributed by atoms with Gasteiger partial charge in [-0.1, -0.05) is 12.1 Å². The third kappa shape index (κ3) is 2.55. The third-order valence-corrected chi connectivity index (χ3v) is 2.97. The summed E-state index contributed by atoms with van der Waals surface area (Å²) in [6.45, 7) is 2.65. The Bertz CT molecular complexity index is 334. The summed E-state index contributed by atoms with van der Waals surface area (Å²) in [5, 5.41) is 13.3. The monoisotopic (exact) mass is 209 g/mol. The maximum atomic E-state index is 12.7. The Hall–Kier alpha value is -0.930. The van der Waals surface area contributed by atoms with Gasteiger partial charge in [-0.05, 0) is 44.0 Å². The quantitative estimate of drug-likeness (QED) is 0.741. The second kappa shape index (κ2) is 3.91. The highest BCUT2D eigenvalue weighted by molar-refractivity contribution is 5.21. The van der Waals surface area contributed by atoms with Crippen LogP contribution in [0.4, 0.5) is 4.39 Å². The van der Waals surface area contributed by atoms with E-state index in [1.165, 1.54) is 12.1 Å². The number of rotatable bonds is 1. The molecule has 0 bridgehead atoms. The second-order valence-electron chi connectivity index (χ2n) is 4.51. The molecule has 0 amide bonds. The van der Waals surface area contributed by atoms with Gasteiger partial charge in [0.15, 0.2) is 0 Å². The highest BCUT2D eigenvalue weighted by atomic mass is 19.1. The molecule has 3 heteroatoms. The predicted octanol–water partition coefficient (Wildman–Crippen LogP) is 2.00. The number of aliphatic hydroxyl groups is 1. The van der Waals surface area contributed by atoms with E-state index in [0.29, 0.717) is 6.42 Å². The summed E-state index contributed by atoms with van der Waals surface area (Å²) in [7, 11) is 0. The molecule has 0 spiro atoms. The number of benzene rings is 1. The second-order valence-corrected chi connectivity index (χ2v) is 4.51. The first-order chi connectivity index (χ1) is 7.07. The molecule has 82 valence electrons. The van der Waals surface area contributed by atoms with Crippen molar-refractivity contribution in [3.8, 4) is 0 Å². The van der Waals surface area contributed by atoms with E-state index < -0.39 is 5.60 Å². The van der Waals surface area contributed by atoms with Gasteiger partial charge >= 0.3 is 0 Å². The van der Waals surface area contributed by atoms with Gasteiger partial charge in [0.1, 0.15) is 5.82 Å². The van der Waals surface area contributed by atoms with Crippen LogP contribution in [-0.4, -0.2) is 17.3 Å². The lowest BCUT2D eigenvalue weighted by molar-refractivity contribution is 0.0132. The van der Waals surface area contributed by atoms with Crippen LogP contribution in [0.2, 0.25) is 0 Å². The molecular weight excluding hydrogens is 193 g/mol. The summed E-state index contributed by atoms with van der Waals surface area (Å²) in [6.07, 6.45) is 1.45. The maximum Gasteiger partial charge on any atom is 0.123 e. The summed E-state index contributed by atoms with van der Waals surface area (Å²) in [5.74, 6) is -0.221. The lowest BCUT2D eigenvalue weighted by atomic mass is 9.86. The largest absolute Gasteiger partial charge is 0.390 e.